The summed E-state index contributed by atoms with van der Waals surface area (Å²) in [4.78, 5) is 7.32. The summed E-state index contributed by atoms with van der Waals surface area (Å²) < 4.78 is 12.7. The van der Waals surface area contributed by atoms with Gasteiger partial charge < -0.3 is 5.32 Å². The highest BCUT2D eigenvalue weighted by Gasteiger charge is 2.34. The molecule has 4 heteroatoms. The third kappa shape index (κ3) is 2.19. The first-order valence-electron chi connectivity index (χ1n) is 5.01. The predicted octanol–water partition coefficient (Wildman–Crippen LogP) is 2.07. The van der Waals surface area contributed by atoms with Crippen LogP contribution in [0.5, 0.6) is 0 Å². The Morgan fingerprint density at radius 1 is 1.50 bits per heavy atom. The Morgan fingerprint density at radius 2 is 2.36 bits per heavy atom. The lowest BCUT2D eigenvalue weighted by Gasteiger charge is -2.03. The second kappa shape index (κ2) is 3.90. The van der Waals surface area contributed by atoms with Crippen molar-refractivity contribution in [3.8, 4) is 0 Å². The van der Waals surface area contributed by atoms with Crippen molar-refractivity contribution in [3.63, 3.8) is 0 Å². The fourth-order valence-corrected chi connectivity index (χ4v) is 1.73. The summed E-state index contributed by atoms with van der Waals surface area (Å²) in [5.74, 6) is 1.71. The predicted molar refractivity (Wildman–Crippen MR) is 52.4 cm³/mol. The molecule has 76 valence electrons. The molecule has 1 aliphatic carbocycles. The molecule has 1 N–H and O–H groups in total. The smallest absolute Gasteiger partial charge is 0.217 e. The second-order valence-electron chi connectivity index (χ2n) is 3.77. The molecule has 14 heavy (non-hydrogen) atoms. The van der Waals surface area contributed by atoms with Crippen LogP contribution in [0.2, 0.25) is 0 Å². The van der Waals surface area contributed by atoms with Crippen LogP contribution >= 0.6 is 0 Å². The Kier molecular flexibility index (Phi) is 2.61. The van der Waals surface area contributed by atoms with Gasteiger partial charge in [0.1, 0.15) is 12.1 Å². The van der Waals surface area contributed by atoms with Crippen LogP contribution in [0.15, 0.2) is 12.4 Å². The third-order valence-electron chi connectivity index (χ3n) is 2.77. The normalized spacial score (nSPS) is 24.7. The van der Waals surface area contributed by atoms with Crippen LogP contribution in [0, 0.1) is 17.8 Å². The number of nitrogens with zero attached hydrogens (tertiary/aromatic N) is 2. The zero-order chi connectivity index (χ0) is 9.97. The summed E-state index contributed by atoms with van der Waals surface area (Å²) in [6.45, 7) is 3.10. The number of hydrogen-bond acceptors (Lipinski definition) is 3. The number of rotatable bonds is 4. The Balaban J connectivity index is 1.81. The summed E-state index contributed by atoms with van der Waals surface area (Å²) >= 11 is 0. The van der Waals surface area contributed by atoms with Crippen molar-refractivity contribution in [2.75, 3.05) is 11.9 Å². The van der Waals surface area contributed by atoms with Crippen molar-refractivity contribution in [2.24, 2.45) is 11.8 Å². The minimum atomic E-state index is -0.481. The molecule has 2 rings (SSSR count). The standard InChI is InChI=1S/C10H14FN3/c1-2-7-3-8(7)5-12-10-4-9(11)13-6-14-10/h4,6-8H,2-3,5H2,1H3,(H,12,13,14)/t7-,8+/m1/s1. The Hall–Kier alpha value is -1.19. The van der Waals surface area contributed by atoms with E-state index in [1.54, 1.807) is 0 Å². The molecule has 0 aromatic carbocycles. The number of anilines is 1. The molecule has 0 radical (unpaired) electrons. The van der Waals surface area contributed by atoms with Gasteiger partial charge in [0.2, 0.25) is 5.95 Å². The first-order valence-corrected chi connectivity index (χ1v) is 5.01. The molecule has 0 unspecified atom stereocenters. The molecule has 1 aromatic heterocycles. The van der Waals surface area contributed by atoms with Crippen molar-refractivity contribution >= 4 is 5.82 Å². The van der Waals surface area contributed by atoms with E-state index >= 15 is 0 Å². The van der Waals surface area contributed by atoms with Crippen molar-refractivity contribution in [1.82, 2.24) is 9.97 Å². The van der Waals surface area contributed by atoms with Crippen LogP contribution in [0.3, 0.4) is 0 Å². The van der Waals surface area contributed by atoms with Gasteiger partial charge in [-0.3, -0.25) is 0 Å². The van der Waals surface area contributed by atoms with Gasteiger partial charge in [-0.15, -0.1) is 0 Å². The van der Waals surface area contributed by atoms with E-state index in [1.807, 2.05) is 0 Å². The maximum absolute atomic E-state index is 12.7. The number of aromatic nitrogens is 2. The van der Waals surface area contributed by atoms with Crippen molar-refractivity contribution in [3.05, 3.63) is 18.3 Å². The lowest BCUT2D eigenvalue weighted by atomic mass is 10.2. The van der Waals surface area contributed by atoms with E-state index in [4.69, 9.17) is 0 Å². The van der Waals surface area contributed by atoms with E-state index in [0.717, 1.165) is 18.4 Å². The van der Waals surface area contributed by atoms with Gasteiger partial charge >= 0.3 is 0 Å². The molecule has 1 aromatic rings. The minimum absolute atomic E-state index is 0.481. The highest BCUT2D eigenvalue weighted by molar-refractivity contribution is 5.32. The Labute approximate surface area is 82.8 Å². The monoisotopic (exact) mass is 195 g/mol. The van der Waals surface area contributed by atoms with Gasteiger partial charge in [-0.1, -0.05) is 13.3 Å². The van der Waals surface area contributed by atoms with Crippen molar-refractivity contribution in [1.29, 1.82) is 0 Å². The van der Waals surface area contributed by atoms with Gasteiger partial charge in [0.15, 0.2) is 0 Å². The van der Waals surface area contributed by atoms with Crippen LogP contribution in [0.4, 0.5) is 10.2 Å². The van der Waals surface area contributed by atoms with Crippen LogP contribution in [0.25, 0.3) is 0 Å². The average Bonchev–Trinajstić information content (AvgIpc) is 2.93. The zero-order valence-electron chi connectivity index (χ0n) is 8.20. The quantitative estimate of drug-likeness (QED) is 0.747. The van der Waals surface area contributed by atoms with Gasteiger partial charge in [-0.2, -0.15) is 4.39 Å². The molecule has 0 aliphatic heterocycles. The van der Waals surface area contributed by atoms with E-state index in [-0.39, 0.29) is 0 Å². The van der Waals surface area contributed by atoms with E-state index in [1.165, 1.54) is 25.2 Å². The minimum Gasteiger partial charge on any atom is -0.370 e. The highest BCUT2D eigenvalue weighted by atomic mass is 19.1. The number of halogens is 1. The maximum Gasteiger partial charge on any atom is 0.217 e. The van der Waals surface area contributed by atoms with Gasteiger partial charge in [0.25, 0.3) is 0 Å². The lowest BCUT2D eigenvalue weighted by molar-refractivity contribution is 0.580. The molecule has 2 atom stereocenters. The Morgan fingerprint density at radius 3 is 3.00 bits per heavy atom. The zero-order valence-corrected chi connectivity index (χ0v) is 8.20. The van der Waals surface area contributed by atoms with E-state index < -0.39 is 5.95 Å². The van der Waals surface area contributed by atoms with Crippen LogP contribution < -0.4 is 5.32 Å². The molecule has 0 bridgehead atoms. The van der Waals surface area contributed by atoms with E-state index in [9.17, 15) is 4.39 Å². The number of hydrogen-bond donors (Lipinski definition) is 1. The van der Waals surface area contributed by atoms with E-state index in [0.29, 0.717) is 5.82 Å². The molecule has 1 heterocycles. The summed E-state index contributed by atoms with van der Waals surface area (Å²) in [5.41, 5.74) is 0. The largest absolute Gasteiger partial charge is 0.370 e. The number of nitrogens with one attached hydrogen (secondary N) is 1. The third-order valence-corrected chi connectivity index (χ3v) is 2.77. The maximum atomic E-state index is 12.7. The molecular formula is C10H14FN3. The summed E-state index contributed by atoms with van der Waals surface area (Å²) in [7, 11) is 0. The van der Waals surface area contributed by atoms with Gasteiger partial charge in [-0.05, 0) is 18.3 Å². The lowest BCUT2D eigenvalue weighted by Crippen LogP contribution is -2.06. The fourth-order valence-electron chi connectivity index (χ4n) is 1.73. The molecule has 1 fully saturated rings. The van der Waals surface area contributed by atoms with Crippen molar-refractivity contribution < 1.29 is 4.39 Å². The molecule has 3 nitrogen and oxygen atoms in total. The van der Waals surface area contributed by atoms with Gasteiger partial charge in [0, 0.05) is 12.6 Å². The van der Waals surface area contributed by atoms with Crippen molar-refractivity contribution in [2.45, 2.75) is 19.8 Å². The molecule has 1 saturated carbocycles. The second-order valence-corrected chi connectivity index (χ2v) is 3.77. The Bertz CT molecular complexity index is 316. The molecule has 0 spiro atoms. The SMILES string of the molecule is CC[C@@H]1C[C@H]1CNc1cc(F)ncn1. The molecule has 1 aliphatic rings. The summed E-state index contributed by atoms with van der Waals surface area (Å²) in [6.07, 6.45) is 3.77. The first kappa shape index (κ1) is 9.37. The van der Waals surface area contributed by atoms with Crippen LogP contribution in [-0.4, -0.2) is 16.5 Å². The van der Waals surface area contributed by atoms with Gasteiger partial charge in [-0.25, -0.2) is 9.97 Å². The average molecular weight is 195 g/mol. The topological polar surface area (TPSA) is 37.8 Å². The first-order chi connectivity index (χ1) is 6.79. The van der Waals surface area contributed by atoms with Crippen LogP contribution in [-0.2, 0) is 0 Å². The summed E-state index contributed by atoms with van der Waals surface area (Å²) in [5, 5.41) is 3.12. The van der Waals surface area contributed by atoms with E-state index in [2.05, 4.69) is 22.2 Å². The molecule has 0 amide bonds. The van der Waals surface area contributed by atoms with Gasteiger partial charge in [0.05, 0.1) is 0 Å². The summed E-state index contributed by atoms with van der Waals surface area (Å²) in [6, 6.07) is 1.32. The molecular weight excluding hydrogens is 181 g/mol. The highest BCUT2D eigenvalue weighted by Crippen LogP contribution is 2.40. The molecule has 0 saturated heterocycles. The van der Waals surface area contributed by atoms with Crippen LogP contribution in [0.1, 0.15) is 19.8 Å². The fraction of sp³-hybridized carbons (Fsp3) is 0.600.